The molecule has 0 amide bonds. The Labute approximate surface area is 109 Å². The highest BCUT2D eigenvalue weighted by molar-refractivity contribution is 5.26. The lowest BCUT2D eigenvalue weighted by molar-refractivity contribution is 0.262. The Morgan fingerprint density at radius 3 is 2.78 bits per heavy atom. The predicted molar refractivity (Wildman–Crippen MR) is 73.2 cm³/mol. The van der Waals surface area contributed by atoms with E-state index in [4.69, 9.17) is 0 Å². The second-order valence-electron chi connectivity index (χ2n) is 5.52. The summed E-state index contributed by atoms with van der Waals surface area (Å²) in [6, 6.07) is 6.45. The third-order valence-electron chi connectivity index (χ3n) is 3.86. The van der Waals surface area contributed by atoms with Crippen LogP contribution >= 0.6 is 0 Å². The summed E-state index contributed by atoms with van der Waals surface area (Å²) >= 11 is 0. The number of nitrogens with one attached hydrogen (secondary N) is 1. The van der Waals surface area contributed by atoms with Gasteiger partial charge in [-0.3, -0.25) is 0 Å². The SMILES string of the molecule is Cc1cc(C(CC2CCCN2)N(C)C)ccc1F. The molecule has 2 rings (SSSR count). The van der Waals surface area contributed by atoms with E-state index in [1.807, 2.05) is 19.1 Å². The molecule has 2 nitrogen and oxygen atoms in total. The Morgan fingerprint density at radius 1 is 1.44 bits per heavy atom. The molecule has 1 N–H and O–H groups in total. The van der Waals surface area contributed by atoms with Crippen LogP contribution in [-0.2, 0) is 0 Å². The van der Waals surface area contributed by atoms with Crippen molar-refractivity contribution in [3.63, 3.8) is 0 Å². The van der Waals surface area contributed by atoms with E-state index >= 15 is 0 Å². The van der Waals surface area contributed by atoms with E-state index in [-0.39, 0.29) is 5.82 Å². The van der Waals surface area contributed by atoms with Crippen LogP contribution < -0.4 is 5.32 Å². The van der Waals surface area contributed by atoms with Crippen molar-refractivity contribution in [2.45, 2.75) is 38.3 Å². The summed E-state index contributed by atoms with van der Waals surface area (Å²) in [6.45, 7) is 2.96. The fraction of sp³-hybridized carbons (Fsp3) is 0.600. The number of rotatable bonds is 4. The second kappa shape index (κ2) is 5.81. The Morgan fingerprint density at radius 2 is 2.22 bits per heavy atom. The maximum absolute atomic E-state index is 13.3. The highest BCUT2D eigenvalue weighted by atomic mass is 19.1. The zero-order chi connectivity index (χ0) is 13.1. The molecular weight excluding hydrogens is 227 g/mol. The first-order valence-corrected chi connectivity index (χ1v) is 6.74. The molecule has 2 unspecified atom stereocenters. The van der Waals surface area contributed by atoms with Crippen molar-refractivity contribution >= 4 is 0 Å². The largest absolute Gasteiger partial charge is 0.314 e. The molecule has 0 aliphatic carbocycles. The molecule has 1 aliphatic rings. The number of benzene rings is 1. The van der Waals surface area contributed by atoms with Crippen molar-refractivity contribution < 1.29 is 4.39 Å². The smallest absolute Gasteiger partial charge is 0.126 e. The van der Waals surface area contributed by atoms with Gasteiger partial charge in [-0.05, 0) is 64.0 Å². The van der Waals surface area contributed by atoms with Gasteiger partial charge in [-0.2, -0.15) is 0 Å². The highest BCUT2D eigenvalue weighted by Gasteiger charge is 2.22. The zero-order valence-electron chi connectivity index (χ0n) is 11.5. The topological polar surface area (TPSA) is 15.3 Å². The van der Waals surface area contributed by atoms with E-state index in [2.05, 4.69) is 24.3 Å². The van der Waals surface area contributed by atoms with Crippen molar-refractivity contribution in [3.8, 4) is 0 Å². The van der Waals surface area contributed by atoms with E-state index < -0.39 is 0 Å². The van der Waals surface area contributed by atoms with Gasteiger partial charge in [-0.1, -0.05) is 12.1 Å². The Hall–Kier alpha value is -0.930. The van der Waals surface area contributed by atoms with Crippen LogP contribution in [0.4, 0.5) is 4.39 Å². The summed E-state index contributed by atoms with van der Waals surface area (Å²) < 4.78 is 13.3. The first-order valence-electron chi connectivity index (χ1n) is 6.74. The van der Waals surface area contributed by atoms with Crippen LogP contribution in [0, 0.1) is 12.7 Å². The molecule has 0 aromatic heterocycles. The normalized spacial score (nSPS) is 21.5. The molecule has 1 aromatic rings. The van der Waals surface area contributed by atoms with Gasteiger partial charge in [0.1, 0.15) is 5.82 Å². The van der Waals surface area contributed by atoms with Crippen LogP contribution in [0.5, 0.6) is 0 Å². The quantitative estimate of drug-likeness (QED) is 0.884. The average molecular weight is 250 g/mol. The van der Waals surface area contributed by atoms with Crippen molar-refractivity contribution in [1.29, 1.82) is 0 Å². The molecule has 1 aromatic carbocycles. The Balaban J connectivity index is 2.15. The van der Waals surface area contributed by atoms with Gasteiger partial charge in [0.05, 0.1) is 0 Å². The summed E-state index contributed by atoms with van der Waals surface area (Å²) in [5.41, 5.74) is 1.95. The Kier molecular flexibility index (Phi) is 4.36. The van der Waals surface area contributed by atoms with E-state index in [0.717, 1.165) is 18.5 Å². The third kappa shape index (κ3) is 3.09. The molecule has 0 bridgehead atoms. The van der Waals surface area contributed by atoms with Gasteiger partial charge in [0.25, 0.3) is 0 Å². The van der Waals surface area contributed by atoms with Crippen LogP contribution in [0.3, 0.4) is 0 Å². The second-order valence-corrected chi connectivity index (χ2v) is 5.52. The lowest BCUT2D eigenvalue weighted by Crippen LogP contribution is -2.29. The first-order chi connectivity index (χ1) is 8.58. The monoisotopic (exact) mass is 250 g/mol. The summed E-state index contributed by atoms with van der Waals surface area (Å²) in [7, 11) is 4.19. The van der Waals surface area contributed by atoms with Crippen molar-refractivity contribution in [2.24, 2.45) is 0 Å². The maximum Gasteiger partial charge on any atom is 0.126 e. The number of nitrogens with zero attached hydrogens (tertiary/aromatic N) is 1. The van der Waals surface area contributed by atoms with Gasteiger partial charge in [-0.15, -0.1) is 0 Å². The molecule has 0 spiro atoms. The zero-order valence-corrected chi connectivity index (χ0v) is 11.5. The summed E-state index contributed by atoms with van der Waals surface area (Å²) in [5.74, 6) is -0.116. The van der Waals surface area contributed by atoms with Gasteiger partial charge in [-0.25, -0.2) is 4.39 Å². The summed E-state index contributed by atoms with van der Waals surface area (Å²) in [5, 5.41) is 3.54. The molecule has 18 heavy (non-hydrogen) atoms. The lowest BCUT2D eigenvalue weighted by Gasteiger charge is -2.28. The fourth-order valence-electron chi connectivity index (χ4n) is 2.75. The molecule has 0 saturated carbocycles. The van der Waals surface area contributed by atoms with Gasteiger partial charge in [0, 0.05) is 12.1 Å². The van der Waals surface area contributed by atoms with Crippen molar-refractivity contribution in [1.82, 2.24) is 10.2 Å². The summed E-state index contributed by atoms with van der Waals surface area (Å²) in [4.78, 5) is 2.23. The molecular formula is C15H23FN2. The summed E-state index contributed by atoms with van der Waals surface area (Å²) in [6.07, 6.45) is 3.62. The number of aryl methyl sites for hydroxylation is 1. The van der Waals surface area contributed by atoms with Gasteiger partial charge < -0.3 is 10.2 Å². The molecule has 1 saturated heterocycles. The molecule has 2 atom stereocenters. The molecule has 0 radical (unpaired) electrons. The van der Waals surface area contributed by atoms with Gasteiger partial charge >= 0.3 is 0 Å². The predicted octanol–water partition coefficient (Wildman–Crippen LogP) is 2.88. The third-order valence-corrected chi connectivity index (χ3v) is 3.86. The molecule has 100 valence electrons. The van der Waals surface area contributed by atoms with Crippen molar-refractivity contribution in [2.75, 3.05) is 20.6 Å². The van der Waals surface area contributed by atoms with Crippen LogP contribution in [0.25, 0.3) is 0 Å². The number of hydrogen-bond acceptors (Lipinski definition) is 2. The fourth-order valence-corrected chi connectivity index (χ4v) is 2.75. The number of hydrogen-bond donors (Lipinski definition) is 1. The van der Waals surface area contributed by atoms with E-state index in [0.29, 0.717) is 12.1 Å². The van der Waals surface area contributed by atoms with Crippen molar-refractivity contribution in [3.05, 3.63) is 35.1 Å². The highest BCUT2D eigenvalue weighted by Crippen LogP contribution is 2.27. The minimum Gasteiger partial charge on any atom is -0.314 e. The van der Waals surface area contributed by atoms with E-state index in [9.17, 15) is 4.39 Å². The lowest BCUT2D eigenvalue weighted by atomic mass is 9.96. The van der Waals surface area contributed by atoms with Gasteiger partial charge in [0.2, 0.25) is 0 Å². The van der Waals surface area contributed by atoms with Crippen LogP contribution in [0.15, 0.2) is 18.2 Å². The van der Waals surface area contributed by atoms with E-state index in [1.54, 1.807) is 6.07 Å². The minimum absolute atomic E-state index is 0.116. The minimum atomic E-state index is -0.116. The molecule has 1 heterocycles. The van der Waals surface area contributed by atoms with E-state index in [1.165, 1.54) is 18.4 Å². The standard InChI is InChI=1S/C15H23FN2/c1-11-9-12(6-7-14(11)16)15(18(2)3)10-13-5-4-8-17-13/h6-7,9,13,15,17H,4-5,8,10H2,1-3H3. The maximum atomic E-state index is 13.3. The first kappa shape index (κ1) is 13.5. The van der Waals surface area contributed by atoms with Gasteiger partial charge in [0.15, 0.2) is 0 Å². The van der Waals surface area contributed by atoms with Crippen LogP contribution in [-0.4, -0.2) is 31.6 Å². The van der Waals surface area contributed by atoms with Crippen LogP contribution in [0.2, 0.25) is 0 Å². The molecule has 3 heteroatoms. The number of halogens is 1. The molecule has 1 fully saturated rings. The molecule has 1 aliphatic heterocycles. The average Bonchev–Trinajstić information content (AvgIpc) is 2.82. The Bertz CT molecular complexity index is 397. The van der Waals surface area contributed by atoms with Crippen LogP contribution in [0.1, 0.15) is 36.4 Å².